The van der Waals surface area contributed by atoms with Crippen molar-refractivity contribution in [1.82, 2.24) is 0 Å². The molecule has 3 N–H and O–H groups in total. The molecule has 2 atom stereocenters. The van der Waals surface area contributed by atoms with Crippen LogP contribution in [0.2, 0.25) is 0 Å². The molecule has 0 saturated carbocycles. The van der Waals surface area contributed by atoms with E-state index in [9.17, 15) is 4.79 Å². The minimum Gasteiger partial charge on any atom is -0.466 e. The van der Waals surface area contributed by atoms with E-state index in [2.05, 4.69) is 36.4 Å². The van der Waals surface area contributed by atoms with Crippen molar-refractivity contribution in [3.8, 4) is 11.1 Å². The number of esters is 1. The topological polar surface area (TPSA) is 81.8 Å². The third-order valence-corrected chi connectivity index (χ3v) is 4.32. The number of hydrogen-bond acceptors (Lipinski definition) is 5. The lowest BCUT2D eigenvalue weighted by Crippen LogP contribution is -2.33. The zero-order valence-corrected chi connectivity index (χ0v) is 15.8. The summed E-state index contributed by atoms with van der Waals surface area (Å²) in [6.45, 7) is 2.44. The fourth-order valence-electron chi connectivity index (χ4n) is 3.00. The maximum absolute atomic E-state index is 12.1. The van der Waals surface area contributed by atoms with Crippen molar-refractivity contribution in [2.75, 3.05) is 26.4 Å². The molecule has 0 radical (unpaired) electrons. The molecule has 0 spiro atoms. The first-order valence-corrected chi connectivity index (χ1v) is 9.39. The van der Waals surface area contributed by atoms with Crippen molar-refractivity contribution in [1.29, 1.82) is 0 Å². The van der Waals surface area contributed by atoms with Crippen molar-refractivity contribution in [2.24, 2.45) is 11.7 Å². The molecule has 2 rings (SSSR count). The summed E-state index contributed by atoms with van der Waals surface area (Å²) in [5.41, 5.74) is 9.75. The number of carbonyl (C=O) groups excluding carboxylic acids is 1. The molecule has 0 unspecified atom stereocenters. The van der Waals surface area contributed by atoms with Gasteiger partial charge in [0.15, 0.2) is 0 Å². The largest absolute Gasteiger partial charge is 0.466 e. The van der Waals surface area contributed by atoms with Gasteiger partial charge in [0.25, 0.3) is 0 Å². The van der Waals surface area contributed by atoms with E-state index < -0.39 is 5.92 Å². The molecule has 0 bridgehead atoms. The van der Waals surface area contributed by atoms with Crippen LogP contribution in [0.15, 0.2) is 54.6 Å². The Kier molecular flexibility index (Phi) is 8.98. The number of aliphatic hydroxyl groups is 1. The average Bonchev–Trinajstić information content (AvgIpc) is 2.69. The van der Waals surface area contributed by atoms with Gasteiger partial charge in [0.05, 0.1) is 32.3 Å². The van der Waals surface area contributed by atoms with Gasteiger partial charge in [0, 0.05) is 6.04 Å². The molecule has 5 heteroatoms. The number of carbonyl (C=O) groups is 1. The zero-order valence-electron chi connectivity index (χ0n) is 15.8. The van der Waals surface area contributed by atoms with Gasteiger partial charge in [-0.3, -0.25) is 4.79 Å². The van der Waals surface area contributed by atoms with Crippen LogP contribution in [-0.2, 0) is 20.7 Å². The van der Waals surface area contributed by atoms with Crippen molar-refractivity contribution in [3.63, 3.8) is 0 Å². The second kappa shape index (κ2) is 11.5. The van der Waals surface area contributed by atoms with Crippen LogP contribution in [0.4, 0.5) is 0 Å². The van der Waals surface area contributed by atoms with E-state index in [0.717, 1.165) is 11.1 Å². The van der Waals surface area contributed by atoms with Crippen molar-refractivity contribution in [3.05, 3.63) is 60.2 Å². The summed E-state index contributed by atoms with van der Waals surface area (Å²) in [6.07, 6.45) is 1.15. The van der Waals surface area contributed by atoms with Gasteiger partial charge >= 0.3 is 5.97 Å². The maximum Gasteiger partial charge on any atom is 0.311 e. The SMILES string of the molecule is CCOC(=O)[C@H](COCCO)C[C@H](N)Cc1ccc(-c2ccccc2)cc1. The molecule has 0 aliphatic heterocycles. The van der Waals surface area contributed by atoms with Crippen molar-refractivity contribution >= 4 is 5.97 Å². The fourth-order valence-corrected chi connectivity index (χ4v) is 3.00. The van der Waals surface area contributed by atoms with Crippen LogP contribution in [-0.4, -0.2) is 43.5 Å². The second-order valence-electron chi connectivity index (χ2n) is 6.51. The molecule has 0 heterocycles. The molecular weight excluding hydrogens is 342 g/mol. The molecule has 146 valence electrons. The van der Waals surface area contributed by atoms with Crippen LogP contribution in [0.1, 0.15) is 18.9 Å². The molecule has 0 aromatic heterocycles. The van der Waals surface area contributed by atoms with Crippen LogP contribution >= 0.6 is 0 Å². The minimum absolute atomic E-state index is 0.0740. The molecule has 5 nitrogen and oxygen atoms in total. The number of nitrogens with two attached hydrogens (primary N) is 1. The smallest absolute Gasteiger partial charge is 0.311 e. The first-order chi connectivity index (χ1) is 13.1. The van der Waals surface area contributed by atoms with E-state index in [1.165, 1.54) is 5.56 Å². The van der Waals surface area contributed by atoms with Crippen LogP contribution < -0.4 is 5.73 Å². The monoisotopic (exact) mass is 371 g/mol. The maximum atomic E-state index is 12.1. The molecular formula is C22H29NO4. The van der Waals surface area contributed by atoms with E-state index in [4.69, 9.17) is 20.3 Å². The van der Waals surface area contributed by atoms with Gasteiger partial charge in [-0.1, -0.05) is 54.6 Å². The van der Waals surface area contributed by atoms with Crippen molar-refractivity contribution in [2.45, 2.75) is 25.8 Å². The first-order valence-electron chi connectivity index (χ1n) is 9.39. The van der Waals surface area contributed by atoms with Gasteiger partial charge in [-0.2, -0.15) is 0 Å². The van der Waals surface area contributed by atoms with E-state index in [1.54, 1.807) is 6.92 Å². The Hall–Kier alpha value is -2.21. The lowest BCUT2D eigenvalue weighted by Gasteiger charge is -2.20. The predicted molar refractivity (Wildman–Crippen MR) is 106 cm³/mol. The quantitative estimate of drug-likeness (QED) is 0.469. The summed E-state index contributed by atoms with van der Waals surface area (Å²) < 4.78 is 10.4. The average molecular weight is 371 g/mol. The predicted octanol–water partition coefficient (Wildman–Crippen LogP) is 2.80. The Morgan fingerprint density at radius 1 is 1.07 bits per heavy atom. The van der Waals surface area contributed by atoms with E-state index >= 15 is 0 Å². The summed E-state index contributed by atoms with van der Waals surface area (Å²) >= 11 is 0. The minimum atomic E-state index is -0.421. The molecule has 2 aromatic carbocycles. The highest BCUT2D eigenvalue weighted by molar-refractivity contribution is 5.72. The highest BCUT2D eigenvalue weighted by Gasteiger charge is 2.23. The molecule has 0 aliphatic rings. The molecule has 27 heavy (non-hydrogen) atoms. The van der Waals surface area contributed by atoms with Gasteiger partial charge in [-0.05, 0) is 36.5 Å². The van der Waals surface area contributed by atoms with Gasteiger partial charge in [0.2, 0.25) is 0 Å². The highest BCUT2D eigenvalue weighted by Crippen LogP contribution is 2.20. The van der Waals surface area contributed by atoms with E-state index in [-0.39, 0.29) is 31.8 Å². The third kappa shape index (κ3) is 7.13. The van der Waals surface area contributed by atoms with Crippen molar-refractivity contribution < 1.29 is 19.4 Å². The molecule has 0 aliphatic carbocycles. The van der Waals surface area contributed by atoms with Crippen LogP contribution in [0.5, 0.6) is 0 Å². The van der Waals surface area contributed by atoms with E-state index in [1.807, 2.05) is 18.2 Å². The molecule has 0 fully saturated rings. The summed E-state index contributed by atoms with van der Waals surface area (Å²) in [5, 5.41) is 8.84. The lowest BCUT2D eigenvalue weighted by molar-refractivity contribution is -0.150. The molecule has 0 amide bonds. The summed E-state index contributed by atoms with van der Waals surface area (Å²) in [7, 11) is 0. The number of hydrogen-bond donors (Lipinski definition) is 2. The number of aliphatic hydroxyl groups excluding tert-OH is 1. The standard InChI is InChI=1S/C22H29NO4/c1-2-27-22(25)20(16-26-13-12-24)15-21(23)14-17-8-10-19(11-9-17)18-6-4-3-5-7-18/h3-11,20-21,24H,2,12-16,23H2,1H3/t20-,21+/m0/s1. The summed E-state index contributed by atoms with van der Waals surface area (Å²) in [5.74, 6) is -0.722. The fraction of sp³-hybridized carbons (Fsp3) is 0.409. The number of ether oxygens (including phenoxy) is 2. The highest BCUT2D eigenvalue weighted by atomic mass is 16.5. The zero-order chi connectivity index (χ0) is 19.5. The number of benzene rings is 2. The Bertz CT molecular complexity index is 672. The first kappa shape index (κ1) is 21.1. The summed E-state index contributed by atoms with van der Waals surface area (Å²) in [4.78, 5) is 12.1. The van der Waals surface area contributed by atoms with Crippen LogP contribution in [0, 0.1) is 5.92 Å². The van der Waals surface area contributed by atoms with Crippen LogP contribution in [0.25, 0.3) is 11.1 Å². The lowest BCUT2D eigenvalue weighted by atomic mass is 9.95. The van der Waals surface area contributed by atoms with Gasteiger partial charge < -0.3 is 20.3 Å². The molecule has 2 aromatic rings. The molecule has 0 saturated heterocycles. The number of rotatable bonds is 11. The Balaban J connectivity index is 1.93. The normalized spacial score (nSPS) is 13.1. The van der Waals surface area contributed by atoms with Gasteiger partial charge in [-0.15, -0.1) is 0 Å². The van der Waals surface area contributed by atoms with Crippen LogP contribution in [0.3, 0.4) is 0 Å². The Morgan fingerprint density at radius 2 is 1.74 bits per heavy atom. The van der Waals surface area contributed by atoms with Gasteiger partial charge in [-0.25, -0.2) is 0 Å². The second-order valence-corrected chi connectivity index (χ2v) is 6.51. The Labute approximate surface area is 161 Å². The van der Waals surface area contributed by atoms with Gasteiger partial charge in [0.1, 0.15) is 0 Å². The third-order valence-electron chi connectivity index (χ3n) is 4.32. The van der Waals surface area contributed by atoms with E-state index in [0.29, 0.717) is 19.4 Å². The Morgan fingerprint density at radius 3 is 2.37 bits per heavy atom. The summed E-state index contributed by atoms with van der Waals surface area (Å²) in [6, 6.07) is 18.3.